The Morgan fingerprint density at radius 2 is 0.885 bits per heavy atom. The van der Waals surface area contributed by atoms with Crippen LogP contribution in [0.25, 0.3) is 93.6 Å². The normalized spacial score (nSPS) is 11.6. The highest BCUT2D eigenvalue weighted by molar-refractivity contribution is 6.11. The van der Waals surface area contributed by atoms with Crippen LogP contribution in [0.1, 0.15) is 0 Å². The lowest BCUT2D eigenvalue weighted by Gasteiger charge is -2.26. The quantitative estimate of drug-likeness (QED) is 0.161. The topological polar surface area (TPSA) is 21.3 Å². The van der Waals surface area contributed by atoms with Gasteiger partial charge in [-0.1, -0.05) is 158 Å². The minimum absolute atomic E-state index is 0.845. The molecular weight excluding hydrogens is 741 g/mol. The van der Waals surface area contributed by atoms with E-state index in [2.05, 4.69) is 240 Å². The van der Waals surface area contributed by atoms with Crippen LogP contribution in [-0.2, 0) is 0 Å². The van der Waals surface area contributed by atoms with Crippen molar-refractivity contribution in [2.45, 2.75) is 0 Å². The largest absolute Gasteiger partial charge is 0.456 e. The van der Waals surface area contributed by atoms with Crippen LogP contribution in [0.2, 0.25) is 0 Å². The van der Waals surface area contributed by atoms with E-state index in [0.29, 0.717) is 0 Å². The summed E-state index contributed by atoms with van der Waals surface area (Å²) < 4.78 is 9.03. The number of hydrogen-bond donors (Lipinski definition) is 0. The first-order valence-electron chi connectivity index (χ1n) is 20.8. The van der Waals surface area contributed by atoms with E-state index in [0.717, 1.165) is 44.7 Å². The molecule has 0 bridgehead atoms. The Kier molecular flexibility index (Phi) is 8.17. The zero-order valence-corrected chi connectivity index (χ0v) is 33.2. The standard InChI is InChI=1S/C58H38N2O/c1-3-13-39(14-4-1)40-23-28-44(29-24-40)59(45-30-25-42(26-31-45)49-34-27-41-15-7-8-18-48(41)58(49)43-16-5-2-6-17-43)47-32-35-52-53-37-46(33-36-56(53)61-57(52)38-47)60-54-21-11-9-19-50(54)51-20-10-12-22-55(51)60/h1-38H. The number of hydrogen-bond acceptors (Lipinski definition) is 2. The zero-order valence-electron chi connectivity index (χ0n) is 33.2. The molecule has 3 heteroatoms. The van der Waals surface area contributed by atoms with Gasteiger partial charge in [0.05, 0.1) is 11.0 Å². The highest BCUT2D eigenvalue weighted by Crippen LogP contribution is 2.43. The number of nitrogens with zero attached hydrogens (tertiary/aromatic N) is 2. The molecule has 3 nitrogen and oxygen atoms in total. The van der Waals surface area contributed by atoms with Crippen molar-refractivity contribution in [2.24, 2.45) is 0 Å². The average Bonchev–Trinajstić information content (AvgIpc) is 3.87. The van der Waals surface area contributed by atoms with Crippen molar-refractivity contribution < 1.29 is 4.42 Å². The smallest absolute Gasteiger partial charge is 0.137 e. The highest BCUT2D eigenvalue weighted by Gasteiger charge is 2.19. The average molecular weight is 779 g/mol. The Bertz CT molecular complexity index is 3510. The van der Waals surface area contributed by atoms with Crippen LogP contribution in [0.4, 0.5) is 17.1 Å². The van der Waals surface area contributed by atoms with Crippen LogP contribution in [0.15, 0.2) is 235 Å². The minimum atomic E-state index is 0.845. The summed E-state index contributed by atoms with van der Waals surface area (Å²) in [5.74, 6) is 0. The van der Waals surface area contributed by atoms with Gasteiger partial charge >= 0.3 is 0 Å². The third-order valence-electron chi connectivity index (χ3n) is 12.2. The van der Waals surface area contributed by atoms with Crippen LogP contribution >= 0.6 is 0 Å². The first kappa shape index (κ1) is 34.9. The van der Waals surface area contributed by atoms with Gasteiger partial charge < -0.3 is 13.9 Å². The number of aromatic nitrogens is 1. The molecule has 0 amide bonds. The van der Waals surface area contributed by atoms with Crippen LogP contribution < -0.4 is 4.90 Å². The van der Waals surface area contributed by atoms with Gasteiger partial charge in [0.1, 0.15) is 11.2 Å². The number of fused-ring (bicyclic) bond motifs is 7. The van der Waals surface area contributed by atoms with E-state index in [4.69, 9.17) is 4.42 Å². The molecule has 0 radical (unpaired) electrons. The highest BCUT2D eigenvalue weighted by atomic mass is 16.3. The zero-order chi connectivity index (χ0) is 40.3. The third-order valence-corrected chi connectivity index (χ3v) is 12.2. The van der Waals surface area contributed by atoms with Crippen LogP contribution in [-0.4, -0.2) is 4.57 Å². The maximum Gasteiger partial charge on any atom is 0.137 e. The van der Waals surface area contributed by atoms with Gasteiger partial charge in [-0.25, -0.2) is 0 Å². The second-order valence-electron chi connectivity index (χ2n) is 15.7. The molecule has 0 aliphatic carbocycles. The second kappa shape index (κ2) is 14.3. The van der Waals surface area contributed by atoms with E-state index in [1.54, 1.807) is 0 Å². The number of benzene rings is 10. The number of para-hydroxylation sites is 2. The molecule has 12 aromatic rings. The molecule has 0 aliphatic heterocycles. The Morgan fingerprint density at radius 1 is 0.328 bits per heavy atom. The molecule has 2 heterocycles. The molecule has 0 atom stereocenters. The summed E-state index contributed by atoms with van der Waals surface area (Å²) in [7, 11) is 0. The number of rotatable bonds is 7. The molecule has 0 spiro atoms. The van der Waals surface area contributed by atoms with Crippen molar-refractivity contribution in [3.63, 3.8) is 0 Å². The fourth-order valence-electron chi connectivity index (χ4n) is 9.33. The predicted molar refractivity (Wildman–Crippen MR) is 257 cm³/mol. The van der Waals surface area contributed by atoms with E-state index in [1.807, 2.05) is 0 Å². The maximum absolute atomic E-state index is 6.67. The Balaban J connectivity index is 0.979. The molecule has 10 aromatic carbocycles. The van der Waals surface area contributed by atoms with Crippen LogP contribution in [0, 0.1) is 0 Å². The molecule has 0 saturated carbocycles. The summed E-state index contributed by atoms with van der Waals surface area (Å²) >= 11 is 0. The van der Waals surface area contributed by atoms with Crippen molar-refractivity contribution in [2.75, 3.05) is 4.90 Å². The third kappa shape index (κ3) is 5.90. The lowest BCUT2D eigenvalue weighted by atomic mass is 9.90. The summed E-state index contributed by atoms with van der Waals surface area (Å²) in [5.41, 5.74) is 15.5. The van der Waals surface area contributed by atoms with E-state index >= 15 is 0 Å². The summed E-state index contributed by atoms with van der Waals surface area (Å²) in [6.07, 6.45) is 0. The lowest BCUT2D eigenvalue weighted by Crippen LogP contribution is -2.09. The first-order valence-corrected chi connectivity index (χ1v) is 20.8. The van der Waals surface area contributed by atoms with E-state index in [9.17, 15) is 0 Å². The van der Waals surface area contributed by atoms with E-state index < -0.39 is 0 Å². The Hall–Kier alpha value is -8.14. The monoisotopic (exact) mass is 778 g/mol. The Labute approximate surface area is 353 Å². The summed E-state index contributed by atoms with van der Waals surface area (Å²) in [6, 6.07) is 82.8. The Morgan fingerprint density at radius 3 is 1.57 bits per heavy atom. The second-order valence-corrected chi connectivity index (χ2v) is 15.7. The lowest BCUT2D eigenvalue weighted by molar-refractivity contribution is 0.669. The fourth-order valence-corrected chi connectivity index (χ4v) is 9.33. The molecule has 0 aliphatic rings. The first-order chi connectivity index (χ1) is 30.2. The van der Waals surface area contributed by atoms with Crippen LogP contribution in [0.5, 0.6) is 0 Å². The molecule has 0 fully saturated rings. The fraction of sp³-hybridized carbons (Fsp3) is 0. The van der Waals surface area contributed by atoms with E-state index in [1.165, 1.54) is 66.0 Å². The van der Waals surface area contributed by atoms with Gasteiger partial charge in [-0.2, -0.15) is 0 Å². The molecule has 0 saturated heterocycles. The summed E-state index contributed by atoms with van der Waals surface area (Å²) in [4.78, 5) is 2.33. The van der Waals surface area contributed by atoms with Crippen LogP contribution in [0.3, 0.4) is 0 Å². The molecule has 2 aromatic heterocycles. The van der Waals surface area contributed by atoms with Gasteiger partial charge in [0.25, 0.3) is 0 Å². The van der Waals surface area contributed by atoms with E-state index in [-0.39, 0.29) is 0 Å². The van der Waals surface area contributed by atoms with Crippen molar-refractivity contribution in [3.05, 3.63) is 231 Å². The molecule has 61 heavy (non-hydrogen) atoms. The van der Waals surface area contributed by atoms with Crippen molar-refractivity contribution in [1.82, 2.24) is 4.57 Å². The SMILES string of the molecule is c1ccc(-c2ccc(N(c3ccc(-c4ccc5ccccc5c4-c4ccccc4)cc3)c3ccc4c(c3)oc3ccc(-n5c6ccccc6c6ccccc65)cc34)cc2)cc1. The van der Waals surface area contributed by atoms with Gasteiger partial charge in [0, 0.05) is 50.4 Å². The molecule has 0 unspecified atom stereocenters. The molecule has 0 N–H and O–H groups in total. The molecular formula is C58H38N2O. The van der Waals surface area contributed by atoms with Gasteiger partial charge in [-0.15, -0.1) is 0 Å². The maximum atomic E-state index is 6.67. The summed E-state index contributed by atoms with van der Waals surface area (Å²) in [6.45, 7) is 0. The van der Waals surface area contributed by atoms with Crippen molar-refractivity contribution in [3.8, 4) is 39.1 Å². The van der Waals surface area contributed by atoms with Gasteiger partial charge in [-0.05, 0) is 111 Å². The number of anilines is 3. The van der Waals surface area contributed by atoms with Crippen molar-refractivity contribution >= 4 is 71.6 Å². The minimum Gasteiger partial charge on any atom is -0.456 e. The van der Waals surface area contributed by atoms with Gasteiger partial charge in [0.2, 0.25) is 0 Å². The summed E-state index contributed by atoms with van der Waals surface area (Å²) in [5, 5.41) is 7.15. The van der Waals surface area contributed by atoms with Gasteiger partial charge in [0.15, 0.2) is 0 Å². The molecule has 12 rings (SSSR count). The number of furan rings is 1. The van der Waals surface area contributed by atoms with Gasteiger partial charge in [-0.3, -0.25) is 0 Å². The molecule has 286 valence electrons. The predicted octanol–water partition coefficient (Wildman–Crippen LogP) is 16.3. The van der Waals surface area contributed by atoms with Crippen molar-refractivity contribution in [1.29, 1.82) is 0 Å².